The second-order valence-electron chi connectivity index (χ2n) is 7.11. The molecule has 0 aromatic carbocycles. The third-order valence-corrected chi connectivity index (χ3v) is 3.48. The number of hydrogen-bond donors (Lipinski definition) is 2. The van der Waals surface area contributed by atoms with Crippen molar-refractivity contribution in [1.29, 1.82) is 0 Å². The summed E-state index contributed by atoms with van der Waals surface area (Å²) in [5, 5.41) is 3.32. The average molecular weight is 281 g/mol. The molecule has 0 aromatic heterocycles. The van der Waals surface area contributed by atoms with Gasteiger partial charge in [0, 0.05) is 12.1 Å². The van der Waals surface area contributed by atoms with Gasteiger partial charge in [0.1, 0.15) is 0 Å². The fourth-order valence-electron chi connectivity index (χ4n) is 2.41. The van der Waals surface area contributed by atoms with Crippen LogP contribution in [0.15, 0.2) is 16.1 Å². The van der Waals surface area contributed by atoms with Crippen LogP contribution in [0.2, 0.25) is 0 Å². The molecule has 0 atom stereocenters. The third kappa shape index (κ3) is 9.88. The smallest absolute Gasteiger partial charge is 0.188 e. The highest BCUT2D eigenvalue weighted by atomic mass is 15.1. The summed E-state index contributed by atoms with van der Waals surface area (Å²) in [5.41, 5.74) is 8.90. The highest BCUT2D eigenvalue weighted by molar-refractivity contribution is 5.78. The number of allylic oxidation sites excluding steroid dienone is 2. The lowest BCUT2D eigenvalue weighted by molar-refractivity contribution is 0.362. The molecule has 3 nitrogen and oxygen atoms in total. The maximum absolute atomic E-state index is 5.96. The van der Waals surface area contributed by atoms with E-state index in [9.17, 15) is 0 Å². The van der Waals surface area contributed by atoms with Gasteiger partial charge in [0.05, 0.1) is 0 Å². The quantitative estimate of drug-likeness (QED) is 0.302. The minimum absolute atomic E-state index is 0.0143. The summed E-state index contributed by atoms with van der Waals surface area (Å²) in [6.45, 7) is 16.2. The molecule has 0 aliphatic carbocycles. The van der Waals surface area contributed by atoms with Gasteiger partial charge in [-0.05, 0) is 66.2 Å². The number of nitrogens with one attached hydrogen (secondary N) is 1. The van der Waals surface area contributed by atoms with Crippen molar-refractivity contribution in [1.82, 2.24) is 5.32 Å². The van der Waals surface area contributed by atoms with Crippen molar-refractivity contribution < 1.29 is 0 Å². The zero-order valence-corrected chi connectivity index (χ0v) is 14.6. The lowest BCUT2D eigenvalue weighted by atomic mass is 9.93. The largest absolute Gasteiger partial charge is 0.370 e. The Morgan fingerprint density at radius 3 is 2.25 bits per heavy atom. The second-order valence-corrected chi connectivity index (χ2v) is 7.11. The minimum atomic E-state index is 0.0143. The van der Waals surface area contributed by atoms with Crippen LogP contribution in [-0.4, -0.2) is 18.0 Å². The summed E-state index contributed by atoms with van der Waals surface area (Å²) in [6.07, 6.45) is 4.54. The summed E-state index contributed by atoms with van der Waals surface area (Å²) in [6, 6.07) is 0. The summed E-state index contributed by atoms with van der Waals surface area (Å²) < 4.78 is 0. The number of hydrogen-bond acceptors (Lipinski definition) is 1. The fraction of sp³-hybridized carbons (Fsp3) is 0.824. The molecule has 0 fully saturated rings. The highest BCUT2D eigenvalue weighted by Gasteiger charge is 2.19. The van der Waals surface area contributed by atoms with Crippen LogP contribution in [0.4, 0.5) is 0 Å². The summed E-state index contributed by atoms with van der Waals surface area (Å²) >= 11 is 0. The van der Waals surface area contributed by atoms with Crippen molar-refractivity contribution in [3.63, 3.8) is 0 Å². The molecule has 20 heavy (non-hydrogen) atoms. The van der Waals surface area contributed by atoms with E-state index in [4.69, 9.17) is 5.73 Å². The molecule has 0 saturated heterocycles. The molecule has 0 aliphatic rings. The maximum atomic E-state index is 5.96. The molecule has 0 bridgehead atoms. The Morgan fingerprint density at radius 1 is 1.15 bits per heavy atom. The Bertz CT molecular complexity index is 334. The SMILES string of the molecule is CC(C)=C(C)CCCCN=C(N)NC(C)(C)CC(C)C. The molecule has 0 heterocycles. The normalized spacial score (nSPS) is 12.7. The zero-order chi connectivity index (χ0) is 15.8. The van der Waals surface area contributed by atoms with E-state index in [-0.39, 0.29) is 5.54 Å². The van der Waals surface area contributed by atoms with E-state index in [0.717, 1.165) is 19.4 Å². The monoisotopic (exact) mass is 281 g/mol. The Hall–Kier alpha value is -0.990. The van der Waals surface area contributed by atoms with Gasteiger partial charge in [-0.25, -0.2) is 0 Å². The molecule has 118 valence electrons. The predicted octanol–water partition coefficient (Wildman–Crippen LogP) is 4.24. The minimum Gasteiger partial charge on any atom is -0.370 e. The van der Waals surface area contributed by atoms with Crippen molar-refractivity contribution >= 4 is 5.96 Å². The first-order chi connectivity index (χ1) is 9.14. The first kappa shape index (κ1) is 19.0. The van der Waals surface area contributed by atoms with E-state index >= 15 is 0 Å². The van der Waals surface area contributed by atoms with E-state index in [0.29, 0.717) is 11.9 Å². The highest BCUT2D eigenvalue weighted by Crippen LogP contribution is 2.15. The van der Waals surface area contributed by atoms with Crippen molar-refractivity contribution in [2.24, 2.45) is 16.6 Å². The van der Waals surface area contributed by atoms with Gasteiger partial charge < -0.3 is 11.1 Å². The Labute approximate surface area is 126 Å². The first-order valence-corrected chi connectivity index (χ1v) is 7.85. The lowest BCUT2D eigenvalue weighted by Gasteiger charge is -2.28. The van der Waals surface area contributed by atoms with Crippen LogP contribution < -0.4 is 11.1 Å². The van der Waals surface area contributed by atoms with Crippen molar-refractivity contribution in [3.05, 3.63) is 11.1 Å². The van der Waals surface area contributed by atoms with Crippen LogP contribution in [0.5, 0.6) is 0 Å². The van der Waals surface area contributed by atoms with Crippen LogP contribution in [0.3, 0.4) is 0 Å². The number of nitrogens with zero attached hydrogens (tertiary/aromatic N) is 1. The topological polar surface area (TPSA) is 50.4 Å². The molecule has 0 unspecified atom stereocenters. The van der Waals surface area contributed by atoms with Crippen molar-refractivity contribution in [2.75, 3.05) is 6.54 Å². The zero-order valence-electron chi connectivity index (χ0n) is 14.6. The van der Waals surface area contributed by atoms with Crippen molar-refractivity contribution in [3.8, 4) is 0 Å². The first-order valence-electron chi connectivity index (χ1n) is 7.85. The van der Waals surface area contributed by atoms with Crippen LogP contribution in [0.1, 0.15) is 74.1 Å². The molecular formula is C17H35N3. The van der Waals surface area contributed by atoms with Crippen LogP contribution in [-0.2, 0) is 0 Å². The van der Waals surface area contributed by atoms with Gasteiger partial charge in [-0.3, -0.25) is 4.99 Å². The Balaban J connectivity index is 4.00. The van der Waals surface area contributed by atoms with Gasteiger partial charge in [-0.1, -0.05) is 25.0 Å². The molecule has 0 aliphatic heterocycles. The fourth-order valence-corrected chi connectivity index (χ4v) is 2.41. The Morgan fingerprint density at radius 2 is 1.75 bits per heavy atom. The second kappa shape index (κ2) is 9.04. The van der Waals surface area contributed by atoms with Gasteiger partial charge in [0.25, 0.3) is 0 Å². The molecule has 0 radical (unpaired) electrons. The molecular weight excluding hydrogens is 246 g/mol. The number of aliphatic imine (C=N–C) groups is 1. The van der Waals surface area contributed by atoms with Crippen LogP contribution >= 0.6 is 0 Å². The Kier molecular flexibility index (Phi) is 8.59. The van der Waals surface area contributed by atoms with Gasteiger partial charge in [0.2, 0.25) is 0 Å². The molecule has 0 amide bonds. The number of nitrogens with two attached hydrogens (primary N) is 1. The molecule has 0 saturated carbocycles. The lowest BCUT2D eigenvalue weighted by Crippen LogP contribution is -2.48. The summed E-state index contributed by atoms with van der Waals surface area (Å²) in [4.78, 5) is 4.43. The van der Waals surface area contributed by atoms with Gasteiger partial charge in [-0.15, -0.1) is 0 Å². The van der Waals surface area contributed by atoms with E-state index in [2.05, 4.69) is 58.8 Å². The van der Waals surface area contributed by atoms with E-state index in [1.54, 1.807) is 0 Å². The summed E-state index contributed by atoms with van der Waals surface area (Å²) in [7, 11) is 0. The molecule has 0 rings (SSSR count). The van der Waals surface area contributed by atoms with E-state index < -0.39 is 0 Å². The van der Waals surface area contributed by atoms with Crippen LogP contribution in [0, 0.1) is 5.92 Å². The molecule has 3 heteroatoms. The molecule has 0 spiro atoms. The summed E-state index contributed by atoms with van der Waals surface area (Å²) in [5.74, 6) is 1.23. The van der Waals surface area contributed by atoms with Gasteiger partial charge in [-0.2, -0.15) is 0 Å². The van der Waals surface area contributed by atoms with Crippen LogP contribution in [0.25, 0.3) is 0 Å². The van der Waals surface area contributed by atoms with Gasteiger partial charge in [0.15, 0.2) is 5.96 Å². The predicted molar refractivity (Wildman–Crippen MR) is 91.1 cm³/mol. The third-order valence-electron chi connectivity index (χ3n) is 3.48. The van der Waals surface area contributed by atoms with E-state index in [1.165, 1.54) is 24.0 Å². The molecule has 3 N–H and O–H groups in total. The number of unbranched alkanes of at least 4 members (excludes halogenated alkanes) is 1. The standard InChI is InChI=1S/C17H35N3/c1-13(2)12-17(6,7)20-16(18)19-11-9-8-10-15(5)14(3)4/h13H,8-12H2,1-7H3,(H3,18,19,20). The van der Waals surface area contributed by atoms with Gasteiger partial charge >= 0.3 is 0 Å². The number of guanidine groups is 1. The number of rotatable bonds is 8. The van der Waals surface area contributed by atoms with Crippen molar-refractivity contribution in [2.45, 2.75) is 79.7 Å². The molecule has 0 aromatic rings. The maximum Gasteiger partial charge on any atom is 0.188 e. The van der Waals surface area contributed by atoms with E-state index in [1.807, 2.05) is 0 Å². The average Bonchev–Trinajstić information content (AvgIpc) is 2.25.